The molecule has 1 heteroatoms. The molecule has 0 aliphatic heterocycles. The molecule has 0 N–H and O–H groups in total. The Hall–Kier alpha value is 0.220. The molecule has 0 amide bonds. The summed E-state index contributed by atoms with van der Waals surface area (Å²) in [5.41, 5.74) is 0. The fraction of sp³-hybridized carbons (Fsp3) is 0.143. The normalized spacial score (nSPS) is 15.0. The molecule has 8 heavy (non-hydrogen) atoms. The molecule has 0 spiro atoms. The fourth-order valence-corrected chi connectivity index (χ4v) is 0.521. The van der Waals surface area contributed by atoms with Crippen molar-refractivity contribution < 1.29 is 31.0 Å². The van der Waals surface area contributed by atoms with Crippen LogP contribution in [0.25, 0.3) is 0 Å². The van der Waals surface area contributed by atoms with Crippen molar-refractivity contribution in [1.29, 1.82) is 0 Å². The van der Waals surface area contributed by atoms with Crippen molar-refractivity contribution >= 4 is 0 Å². The Bertz CT molecular complexity index is 111. The topological polar surface area (TPSA) is 0 Å². The van der Waals surface area contributed by atoms with Crippen molar-refractivity contribution in [3.63, 3.8) is 0 Å². The Morgan fingerprint density at radius 1 is 0.875 bits per heavy atom. The van der Waals surface area contributed by atoms with E-state index in [4.69, 9.17) is 0 Å². The summed E-state index contributed by atoms with van der Waals surface area (Å²) in [6.07, 6.45) is 13.5. The van der Waals surface area contributed by atoms with E-state index >= 15 is 0 Å². The van der Waals surface area contributed by atoms with Crippen LogP contribution in [0, 0.1) is 0 Å². The van der Waals surface area contributed by atoms with Crippen LogP contribution < -0.4 is 29.6 Å². The second kappa shape index (κ2) is 5.36. The van der Waals surface area contributed by atoms with Crippen molar-refractivity contribution in [2.45, 2.75) is 6.42 Å². The van der Waals surface area contributed by atoms with E-state index < -0.39 is 0 Å². The number of hydrogen-bond donors (Lipinski definition) is 0. The molecule has 0 aromatic carbocycles. The summed E-state index contributed by atoms with van der Waals surface area (Å²) in [6.45, 7) is 0. The minimum absolute atomic E-state index is 0. The Morgan fingerprint density at radius 2 is 1.38 bits per heavy atom. The zero-order chi connectivity index (χ0) is 4.95. The summed E-state index contributed by atoms with van der Waals surface area (Å²) < 4.78 is 0. The average Bonchev–Trinajstić information content (AvgIpc) is 1.90. The molecule has 0 bridgehead atoms. The van der Waals surface area contributed by atoms with Gasteiger partial charge in [0.2, 0.25) is 0 Å². The zero-order valence-corrected chi connectivity index (χ0v) is 7.17. The Kier molecular flexibility index (Phi) is 5.51. The summed E-state index contributed by atoms with van der Waals surface area (Å²) in [6, 6.07) is 0. The van der Waals surface area contributed by atoms with Crippen LogP contribution >= 0.6 is 0 Å². The molecule has 1 rings (SSSR count). The molecule has 0 saturated heterocycles. The molecule has 0 atom stereocenters. The van der Waals surface area contributed by atoms with E-state index in [1.54, 1.807) is 0 Å². The van der Waals surface area contributed by atoms with E-state index in [-0.39, 0.29) is 31.0 Å². The van der Waals surface area contributed by atoms with Crippen LogP contribution in [-0.2, 0) is 0 Å². The molecule has 1 aliphatic rings. The van der Waals surface area contributed by atoms with Crippen LogP contribution in [0.5, 0.6) is 0 Å². The second-order valence-electron chi connectivity index (χ2n) is 1.48. The molecular formula is C7H9Na. The monoisotopic (exact) mass is 116 g/mol. The summed E-state index contributed by atoms with van der Waals surface area (Å²) in [5.74, 6) is 0. The van der Waals surface area contributed by atoms with Crippen LogP contribution in [0.1, 0.15) is 7.85 Å². The van der Waals surface area contributed by atoms with Crippen LogP contribution in [0.2, 0.25) is 0 Å². The van der Waals surface area contributed by atoms with E-state index in [1.165, 1.54) is 0 Å². The molecule has 0 unspecified atom stereocenters. The molecular weight excluding hydrogens is 107 g/mol. The summed E-state index contributed by atoms with van der Waals surface area (Å²) in [4.78, 5) is 0. The first kappa shape index (κ1) is 8.22. The van der Waals surface area contributed by atoms with Gasteiger partial charge in [0, 0.05) is 0 Å². The Labute approximate surface area is 73.8 Å². The molecule has 0 aromatic rings. The van der Waals surface area contributed by atoms with Gasteiger partial charge in [0.05, 0.1) is 0 Å². The minimum Gasteiger partial charge on any atom is -1.00 e. The first-order valence-corrected chi connectivity index (χ1v) is 2.48. The van der Waals surface area contributed by atoms with Crippen LogP contribution in [0.15, 0.2) is 36.5 Å². The van der Waals surface area contributed by atoms with Gasteiger partial charge in [0.25, 0.3) is 0 Å². The average molecular weight is 116 g/mol. The SMILES string of the molecule is C1=CC=CCC=C1.[H-].[Na+]. The van der Waals surface area contributed by atoms with Crippen molar-refractivity contribution in [3.05, 3.63) is 36.5 Å². The van der Waals surface area contributed by atoms with Gasteiger partial charge in [-0.3, -0.25) is 0 Å². The van der Waals surface area contributed by atoms with Crippen molar-refractivity contribution in [2.24, 2.45) is 0 Å². The molecule has 38 valence electrons. The molecule has 0 heterocycles. The van der Waals surface area contributed by atoms with Crippen molar-refractivity contribution in [3.8, 4) is 0 Å². The molecule has 0 aromatic heterocycles. The summed E-state index contributed by atoms with van der Waals surface area (Å²) >= 11 is 0. The molecule has 0 fully saturated rings. The van der Waals surface area contributed by atoms with Gasteiger partial charge >= 0.3 is 29.6 Å². The zero-order valence-electron chi connectivity index (χ0n) is 6.17. The predicted octanol–water partition coefficient (Wildman–Crippen LogP) is -0.825. The quantitative estimate of drug-likeness (QED) is 0.363. The second-order valence-corrected chi connectivity index (χ2v) is 1.48. The standard InChI is InChI=1S/C7H8.Na.H/c1-2-4-6-7-5-3-1;;/h1-6H,7H2;;/q;+1;-1. The largest absolute Gasteiger partial charge is 1.00 e. The van der Waals surface area contributed by atoms with Gasteiger partial charge in [-0.2, -0.15) is 0 Å². The summed E-state index contributed by atoms with van der Waals surface area (Å²) in [7, 11) is 0. The van der Waals surface area contributed by atoms with Gasteiger partial charge in [-0.25, -0.2) is 0 Å². The fourth-order valence-electron chi connectivity index (χ4n) is 0.521. The van der Waals surface area contributed by atoms with Gasteiger partial charge in [-0.1, -0.05) is 36.5 Å². The maximum absolute atomic E-state index is 2.12. The van der Waals surface area contributed by atoms with Gasteiger partial charge in [-0.05, 0) is 6.42 Å². The van der Waals surface area contributed by atoms with E-state index in [9.17, 15) is 0 Å². The number of allylic oxidation sites excluding steroid dienone is 6. The van der Waals surface area contributed by atoms with E-state index in [2.05, 4.69) is 24.3 Å². The third kappa shape index (κ3) is 3.25. The van der Waals surface area contributed by atoms with Gasteiger partial charge in [0.1, 0.15) is 0 Å². The molecule has 0 saturated carbocycles. The number of rotatable bonds is 0. The maximum atomic E-state index is 2.12. The summed E-state index contributed by atoms with van der Waals surface area (Å²) in [5, 5.41) is 0. The van der Waals surface area contributed by atoms with E-state index in [1.807, 2.05) is 12.2 Å². The minimum atomic E-state index is 0. The Morgan fingerprint density at radius 3 is 1.88 bits per heavy atom. The van der Waals surface area contributed by atoms with Gasteiger partial charge < -0.3 is 1.43 Å². The van der Waals surface area contributed by atoms with Crippen molar-refractivity contribution in [1.82, 2.24) is 0 Å². The van der Waals surface area contributed by atoms with Crippen LogP contribution in [-0.4, -0.2) is 0 Å². The number of hydrogen-bond acceptors (Lipinski definition) is 0. The first-order valence-electron chi connectivity index (χ1n) is 2.48. The van der Waals surface area contributed by atoms with E-state index in [0.717, 1.165) is 6.42 Å². The molecule has 0 nitrogen and oxygen atoms in total. The molecule has 0 radical (unpaired) electrons. The smallest absolute Gasteiger partial charge is 1.00 e. The van der Waals surface area contributed by atoms with E-state index in [0.29, 0.717) is 0 Å². The predicted molar refractivity (Wildman–Crippen MR) is 33.1 cm³/mol. The third-order valence-corrected chi connectivity index (χ3v) is 0.878. The van der Waals surface area contributed by atoms with Crippen LogP contribution in [0.4, 0.5) is 0 Å². The first-order chi connectivity index (χ1) is 3.50. The Balaban J connectivity index is 0. The third-order valence-electron chi connectivity index (χ3n) is 0.878. The van der Waals surface area contributed by atoms with Crippen LogP contribution in [0.3, 0.4) is 0 Å². The van der Waals surface area contributed by atoms with Crippen molar-refractivity contribution in [2.75, 3.05) is 0 Å². The maximum Gasteiger partial charge on any atom is 1.00 e. The van der Waals surface area contributed by atoms with Gasteiger partial charge in [-0.15, -0.1) is 0 Å². The van der Waals surface area contributed by atoms with Gasteiger partial charge in [0.15, 0.2) is 0 Å². The molecule has 1 aliphatic carbocycles.